The van der Waals surface area contributed by atoms with Crippen molar-refractivity contribution in [2.24, 2.45) is 0 Å². The summed E-state index contributed by atoms with van der Waals surface area (Å²) in [5, 5.41) is 11.1. The molecule has 0 spiro atoms. The lowest BCUT2D eigenvalue weighted by Gasteiger charge is -2.28. The highest BCUT2D eigenvalue weighted by atomic mass is 19.1. The van der Waals surface area contributed by atoms with Crippen molar-refractivity contribution in [3.63, 3.8) is 0 Å². The van der Waals surface area contributed by atoms with Crippen molar-refractivity contribution in [1.29, 1.82) is 0 Å². The number of aromatic nitrogens is 2. The zero-order valence-corrected chi connectivity index (χ0v) is 18.3. The van der Waals surface area contributed by atoms with Gasteiger partial charge >= 0.3 is 5.97 Å². The van der Waals surface area contributed by atoms with Gasteiger partial charge in [-0.05, 0) is 43.5 Å². The SMILES string of the molecule is CCOC(=O)c1c(O)c2cc(-c3ccc(F)cc3)cnc2n(CCN2CCC(F)CC2)c1=O. The number of alkyl halides is 1. The number of hydrogen-bond acceptors (Lipinski definition) is 6. The van der Waals surface area contributed by atoms with Crippen LogP contribution in [0.5, 0.6) is 5.75 Å². The predicted molar refractivity (Wildman–Crippen MR) is 120 cm³/mol. The Kier molecular flexibility index (Phi) is 6.69. The number of likely N-dealkylation sites (tertiary alicyclic amines) is 1. The monoisotopic (exact) mass is 457 g/mol. The molecule has 9 heteroatoms. The summed E-state index contributed by atoms with van der Waals surface area (Å²) in [6, 6.07) is 7.38. The first-order chi connectivity index (χ1) is 15.9. The van der Waals surface area contributed by atoms with E-state index in [0.29, 0.717) is 43.6 Å². The van der Waals surface area contributed by atoms with Gasteiger partial charge in [0.15, 0.2) is 5.56 Å². The van der Waals surface area contributed by atoms with E-state index >= 15 is 0 Å². The van der Waals surface area contributed by atoms with E-state index in [1.807, 2.05) is 0 Å². The molecule has 3 heterocycles. The fraction of sp³-hybridized carbons (Fsp3) is 0.375. The molecule has 2 aromatic heterocycles. The van der Waals surface area contributed by atoms with Gasteiger partial charge in [-0.2, -0.15) is 0 Å². The molecule has 1 saturated heterocycles. The molecule has 7 nitrogen and oxygen atoms in total. The average molecular weight is 457 g/mol. The van der Waals surface area contributed by atoms with Crippen LogP contribution in [0.4, 0.5) is 8.78 Å². The topological polar surface area (TPSA) is 84.7 Å². The van der Waals surface area contributed by atoms with Crippen LogP contribution in [0, 0.1) is 5.82 Å². The van der Waals surface area contributed by atoms with E-state index in [1.54, 1.807) is 25.1 Å². The highest BCUT2D eigenvalue weighted by molar-refractivity contribution is 5.99. The number of rotatable bonds is 6. The van der Waals surface area contributed by atoms with E-state index < -0.39 is 29.0 Å². The molecular weight excluding hydrogens is 432 g/mol. The minimum Gasteiger partial charge on any atom is -0.506 e. The van der Waals surface area contributed by atoms with Crippen LogP contribution in [0.15, 0.2) is 41.3 Å². The Labute approximate surface area is 189 Å². The van der Waals surface area contributed by atoms with Gasteiger partial charge in [0.05, 0.1) is 12.0 Å². The van der Waals surface area contributed by atoms with Crippen molar-refractivity contribution in [2.45, 2.75) is 32.5 Å². The van der Waals surface area contributed by atoms with Gasteiger partial charge in [0, 0.05) is 37.9 Å². The van der Waals surface area contributed by atoms with Crippen molar-refractivity contribution < 1.29 is 23.4 Å². The maximum atomic E-state index is 13.5. The molecule has 174 valence electrons. The first-order valence-electron chi connectivity index (χ1n) is 10.9. The van der Waals surface area contributed by atoms with Crippen LogP contribution in [0.1, 0.15) is 30.1 Å². The molecule has 0 atom stereocenters. The van der Waals surface area contributed by atoms with Gasteiger partial charge in [-0.1, -0.05) is 12.1 Å². The van der Waals surface area contributed by atoms with Crippen LogP contribution in [-0.2, 0) is 11.3 Å². The number of fused-ring (bicyclic) bond motifs is 1. The van der Waals surface area contributed by atoms with Crippen LogP contribution >= 0.6 is 0 Å². The Morgan fingerprint density at radius 1 is 1.18 bits per heavy atom. The lowest BCUT2D eigenvalue weighted by atomic mass is 10.0. The zero-order chi connectivity index (χ0) is 23.5. The van der Waals surface area contributed by atoms with Crippen LogP contribution in [0.25, 0.3) is 22.2 Å². The van der Waals surface area contributed by atoms with Gasteiger partial charge in [0.1, 0.15) is 23.4 Å². The standard InChI is InChI=1S/C24H25F2N3O4/c1-2-33-24(32)20-21(30)19-13-16(15-3-5-17(25)6-4-15)14-27-22(19)29(23(20)31)12-11-28-9-7-18(26)8-10-28/h3-6,13-14,18,30H,2,7-12H2,1H3. The molecule has 1 fully saturated rings. The largest absolute Gasteiger partial charge is 0.506 e. The van der Waals surface area contributed by atoms with Gasteiger partial charge in [0.25, 0.3) is 5.56 Å². The second-order valence-corrected chi connectivity index (χ2v) is 8.02. The number of hydrogen-bond donors (Lipinski definition) is 1. The number of pyridine rings is 2. The maximum absolute atomic E-state index is 13.5. The number of aromatic hydroxyl groups is 1. The second kappa shape index (κ2) is 9.66. The summed E-state index contributed by atoms with van der Waals surface area (Å²) < 4.78 is 33.1. The van der Waals surface area contributed by atoms with Crippen molar-refractivity contribution in [3.05, 3.63) is 58.3 Å². The quantitative estimate of drug-likeness (QED) is 0.571. The first-order valence-corrected chi connectivity index (χ1v) is 10.9. The molecule has 0 aliphatic carbocycles. The number of esters is 1. The van der Waals surface area contributed by atoms with Crippen molar-refractivity contribution in [3.8, 4) is 16.9 Å². The van der Waals surface area contributed by atoms with E-state index in [0.717, 1.165) is 0 Å². The van der Waals surface area contributed by atoms with Crippen LogP contribution in [0.2, 0.25) is 0 Å². The van der Waals surface area contributed by atoms with Gasteiger partial charge < -0.3 is 14.7 Å². The molecule has 0 radical (unpaired) electrons. The minimum atomic E-state index is -0.916. The minimum absolute atomic E-state index is 0.0434. The highest BCUT2D eigenvalue weighted by Gasteiger charge is 2.25. The molecule has 1 N–H and O–H groups in total. The Morgan fingerprint density at radius 2 is 1.88 bits per heavy atom. The molecular formula is C24H25F2N3O4. The average Bonchev–Trinajstić information content (AvgIpc) is 2.81. The molecule has 0 bridgehead atoms. The molecule has 33 heavy (non-hydrogen) atoms. The van der Waals surface area contributed by atoms with Gasteiger partial charge in [-0.15, -0.1) is 0 Å². The molecule has 0 saturated carbocycles. The number of benzene rings is 1. The summed E-state index contributed by atoms with van der Waals surface area (Å²) in [6.07, 6.45) is 1.61. The molecule has 3 aromatic rings. The Bertz CT molecular complexity index is 1220. The number of carbonyl (C=O) groups excluding carboxylic acids is 1. The van der Waals surface area contributed by atoms with Crippen molar-refractivity contribution in [1.82, 2.24) is 14.5 Å². The van der Waals surface area contributed by atoms with Crippen LogP contribution < -0.4 is 5.56 Å². The Hall–Kier alpha value is -3.33. The Morgan fingerprint density at radius 3 is 2.55 bits per heavy atom. The number of nitrogens with zero attached hydrogens (tertiary/aromatic N) is 3. The van der Waals surface area contributed by atoms with Crippen LogP contribution in [-0.4, -0.2) is 57.9 Å². The van der Waals surface area contributed by atoms with E-state index in [4.69, 9.17) is 4.74 Å². The third-order valence-corrected chi connectivity index (χ3v) is 5.89. The molecule has 0 unspecified atom stereocenters. The lowest BCUT2D eigenvalue weighted by Crippen LogP contribution is -2.38. The third-order valence-electron chi connectivity index (χ3n) is 5.89. The normalized spacial score (nSPS) is 15.1. The number of carbonyl (C=O) groups is 1. The second-order valence-electron chi connectivity index (χ2n) is 8.02. The van der Waals surface area contributed by atoms with Crippen LogP contribution in [0.3, 0.4) is 0 Å². The zero-order valence-electron chi connectivity index (χ0n) is 18.3. The lowest BCUT2D eigenvalue weighted by molar-refractivity contribution is 0.0520. The molecule has 0 amide bonds. The summed E-state index contributed by atoms with van der Waals surface area (Å²) in [5.74, 6) is -1.80. The number of ether oxygens (including phenoxy) is 1. The smallest absolute Gasteiger partial charge is 0.347 e. The van der Waals surface area contributed by atoms with Gasteiger partial charge in [-0.3, -0.25) is 9.36 Å². The van der Waals surface area contributed by atoms with E-state index in [-0.39, 0.29) is 30.0 Å². The van der Waals surface area contributed by atoms with Crippen molar-refractivity contribution in [2.75, 3.05) is 26.2 Å². The molecule has 4 rings (SSSR count). The maximum Gasteiger partial charge on any atom is 0.347 e. The molecule has 1 aliphatic heterocycles. The summed E-state index contributed by atoms with van der Waals surface area (Å²) in [6.45, 7) is 3.49. The van der Waals surface area contributed by atoms with E-state index in [9.17, 15) is 23.5 Å². The fourth-order valence-corrected chi connectivity index (χ4v) is 4.08. The van der Waals surface area contributed by atoms with E-state index in [1.165, 1.54) is 22.9 Å². The Balaban J connectivity index is 1.79. The number of halogens is 2. The summed E-state index contributed by atoms with van der Waals surface area (Å²) in [7, 11) is 0. The molecule has 1 aliphatic rings. The first kappa shape index (κ1) is 22.8. The van der Waals surface area contributed by atoms with Crippen molar-refractivity contribution >= 4 is 17.0 Å². The number of piperidine rings is 1. The molecule has 1 aromatic carbocycles. The highest BCUT2D eigenvalue weighted by Crippen LogP contribution is 2.30. The third kappa shape index (κ3) is 4.73. The summed E-state index contributed by atoms with van der Waals surface area (Å²) in [4.78, 5) is 32.1. The van der Waals surface area contributed by atoms with E-state index in [2.05, 4.69) is 9.88 Å². The summed E-state index contributed by atoms with van der Waals surface area (Å²) >= 11 is 0. The fourth-order valence-electron chi connectivity index (χ4n) is 4.08. The van der Waals surface area contributed by atoms with Gasteiger partial charge in [0.2, 0.25) is 0 Å². The summed E-state index contributed by atoms with van der Waals surface area (Å²) in [5.41, 5.74) is 0.320. The van der Waals surface area contributed by atoms with Gasteiger partial charge in [-0.25, -0.2) is 18.6 Å². The predicted octanol–water partition coefficient (Wildman–Crippen LogP) is 3.52.